The Balaban J connectivity index is 1.57. The topological polar surface area (TPSA) is 96.5 Å². The third-order valence-corrected chi connectivity index (χ3v) is 5.05. The summed E-state index contributed by atoms with van der Waals surface area (Å²) in [4.78, 5) is 34.8. The molecule has 140 valence electrons. The van der Waals surface area contributed by atoms with E-state index in [1.54, 1.807) is 12.1 Å². The van der Waals surface area contributed by atoms with Gasteiger partial charge in [-0.3, -0.25) is 14.9 Å². The Bertz CT molecular complexity index is 686. The predicted molar refractivity (Wildman–Crippen MR) is 90.8 cm³/mol. The number of rotatable bonds is 6. The van der Waals surface area contributed by atoms with Crippen LogP contribution in [-0.4, -0.2) is 43.6 Å². The highest BCUT2D eigenvalue weighted by molar-refractivity contribution is 6.04. The molecule has 2 saturated heterocycles. The number of nitrogens with one attached hydrogen (secondary N) is 3. The van der Waals surface area contributed by atoms with Crippen LogP contribution in [0.4, 0.5) is 9.18 Å². The largest absolute Gasteiger partial charge is 0.381 e. The lowest BCUT2D eigenvalue weighted by atomic mass is 9.74. The third kappa shape index (κ3) is 4.19. The summed E-state index contributed by atoms with van der Waals surface area (Å²) in [5, 5.41) is 7.54. The van der Waals surface area contributed by atoms with Crippen molar-refractivity contribution in [2.75, 3.05) is 19.8 Å². The number of carbonyl (C=O) groups is 3. The lowest BCUT2D eigenvalue weighted by Gasteiger charge is -2.38. The second-order valence-corrected chi connectivity index (χ2v) is 6.73. The van der Waals surface area contributed by atoms with Gasteiger partial charge in [0.1, 0.15) is 11.9 Å². The summed E-state index contributed by atoms with van der Waals surface area (Å²) in [6.07, 6.45) is 1.85. The Morgan fingerprint density at radius 3 is 2.54 bits per heavy atom. The number of amides is 4. The first-order valence-electron chi connectivity index (χ1n) is 8.70. The first kappa shape index (κ1) is 18.3. The van der Waals surface area contributed by atoms with E-state index in [-0.39, 0.29) is 30.0 Å². The summed E-state index contributed by atoms with van der Waals surface area (Å²) in [5.74, 6) is -0.890. The number of urea groups is 1. The lowest BCUT2D eigenvalue weighted by Crippen LogP contribution is -2.45. The molecule has 0 spiro atoms. The smallest absolute Gasteiger partial charge is 0.322 e. The average molecular weight is 363 g/mol. The highest BCUT2D eigenvalue weighted by atomic mass is 19.1. The fraction of sp³-hybridized carbons (Fsp3) is 0.500. The van der Waals surface area contributed by atoms with Gasteiger partial charge in [0.25, 0.3) is 5.91 Å². The van der Waals surface area contributed by atoms with Gasteiger partial charge in [0.05, 0.1) is 0 Å². The molecule has 0 bridgehead atoms. The molecule has 8 heteroatoms. The minimum absolute atomic E-state index is 0.133. The fourth-order valence-electron chi connectivity index (χ4n) is 3.43. The highest BCUT2D eigenvalue weighted by Gasteiger charge is 2.35. The van der Waals surface area contributed by atoms with Crippen LogP contribution in [0.2, 0.25) is 0 Å². The molecule has 2 aliphatic heterocycles. The Kier molecular flexibility index (Phi) is 5.51. The summed E-state index contributed by atoms with van der Waals surface area (Å²) in [6, 6.07) is 5.17. The zero-order chi connectivity index (χ0) is 18.6. The van der Waals surface area contributed by atoms with Gasteiger partial charge >= 0.3 is 6.03 Å². The minimum atomic E-state index is -0.664. The number of halogens is 1. The van der Waals surface area contributed by atoms with Crippen molar-refractivity contribution in [2.45, 2.75) is 37.1 Å². The van der Waals surface area contributed by atoms with Gasteiger partial charge in [-0.2, -0.15) is 0 Å². The normalized spacial score (nSPS) is 21.8. The molecule has 0 saturated carbocycles. The number of carbonyl (C=O) groups excluding carboxylic acids is 3. The Morgan fingerprint density at radius 1 is 1.23 bits per heavy atom. The van der Waals surface area contributed by atoms with Gasteiger partial charge in [-0.1, -0.05) is 12.1 Å². The van der Waals surface area contributed by atoms with E-state index in [2.05, 4.69) is 16.0 Å². The van der Waals surface area contributed by atoms with Crippen molar-refractivity contribution in [2.24, 2.45) is 0 Å². The summed E-state index contributed by atoms with van der Waals surface area (Å²) < 4.78 is 18.7. The quantitative estimate of drug-likeness (QED) is 0.657. The van der Waals surface area contributed by atoms with Crippen molar-refractivity contribution in [3.63, 3.8) is 0 Å². The maximum atomic E-state index is 13.2. The molecule has 3 rings (SSSR count). The zero-order valence-corrected chi connectivity index (χ0v) is 14.3. The summed E-state index contributed by atoms with van der Waals surface area (Å²) in [7, 11) is 0. The molecule has 1 aromatic rings. The monoisotopic (exact) mass is 363 g/mol. The van der Waals surface area contributed by atoms with E-state index in [1.807, 2.05) is 0 Å². The molecule has 2 heterocycles. The van der Waals surface area contributed by atoms with E-state index in [4.69, 9.17) is 4.74 Å². The minimum Gasteiger partial charge on any atom is -0.381 e. The van der Waals surface area contributed by atoms with Crippen LogP contribution in [0.25, 0.3) is 0 Å². The van der Waals surface area contributed by atoms with Gasteiger partial charge in [-0.15, -0.1) is 0 Å². The molecular formula is C18H22FN3O4. The third-order valence-electron chi connectivity index (χ3n) is 5.05. The van der Waals surface area contributed by atoms with Crippen LogP contribution in [0.3, 0.4) is 0 Å². The van der Waals surface area contributed by atoms with E-state index in [9.17, 15) is 18.8 Å². The Hall–Kier alpha value is -2.48. The molecule has 2 fully saturated rings. The first-order chi connectivity index (χ1) is 12.5. The second kappa shape index (κ2) is 7.82. The molecule has 26 heavy (non-hydrogen) atoms. The van der Waals surface area contributed by atoms with Crippen LogP contribution in [0.1, 0.15) is 31.2 Å². The van der Waals surface area contributed by atoms with Crippen molar-refractivity contribution >= 4 is 17.8 Å². The van der Waals surface area contributed by atoms with Gasteiger partial charge in [0.2, 0.25) is 5.91 Å². The Labute approximate surface area is 150 Å². The van der Waals surface area contributed by atoms with Gasteiger partial charge in [0, 0.05) is 31.6 Å². The molecule has 7 nitrogen and oxygen atoms in total. The maximum absolute atomic E-state index is 13.2. The molecule has 2 aliphatic rings. The van der Waals surface area contributed by atoms with Gasteiger partial charge in [0.15, 0.2) is 0 Å². The SMILES string of the molecule is O=C(CC[C@H]1NC(=O)NC1=O)NCC1(c2ccc(F)cc2)CCOCC1. The number of hydrogen-bond acceptors (Lipinski definition) is 4. The number of ether oxygens (including phenoxy) is 1. The second-order valence-electron chi connectivity index (χ2n) is 6.73. The molecule has 0 unspecified atom stereocenters. The summed E-state index contributed by atoms with van der Waals surface area (Å²) in [5.41, 5.74) is 0.686. The van der Waals surface area contributed by atoms with E-state index in [0.717, 1.165) is 18.4 Å². The molecular weight excluding hydrogens is 341 g/mol. The first-order valence-corrected chi connectivity index (χ1v) is 8.70. The van der Waals surface area contributed by atoms with Crippen LogP contribution in [0.5, 0.6) is 0 Å². The van der Waals surface area contributed by atoms with Crippen molar-refractivity contribution in [1.29, 1.82) is 0 Å². The van der Waals surface area contributed by atoms with Crippen LogP contribution in [-0.2, 0) is 19.7 Å². The standard InChI is InChI=1S/C18H22FN3O4/c19-13-3-1-12(2-4-13)18(7-9-26-10-8-18)11-20-15(23)6-5-14-16(24)22-17(25)21-14/h1-4,14H,5-11H2,(H,20,23)(H2,21,22,24,25)/t14-/m1/s1. The Morgan fingerprint density at radius 2 is 1.92 bits per heavy atom. The van der Waals surface area contributed by atoms with Crippen molar-refractivity contribution in [3.05, 3.63) is 35.6 Å². The molecule has 0 aliphatic carbocycles. The average Bonchev–Trinajstić information content (AvgIpc) is 2.97. The predicted octanol–water partition coefficient (Wildman–Crippen LogP) is 0.978. The van der Waals surface area contributed by atoms with Crippen molar-refractivity contribution < 1.29 is 23.5 Å². The van der Waals surface area contributed by atoms with E-state index >= 15 is 0 Å². The van der Waals surface area contributed by atoms with Crippen molar-refractivity contribution in [3.8, 4) is 0 Å². The van der Waals surface area contributed by atoms with Gasteiger partial charge < -0.3 is 15.4 Å². The van der Waals surface area contributed by atoms with E-state index in [0.29, 0.717) is 19.8 Å². The number of imide groups is 1. The molecule has 1 atom stereocenters. The molecule has 4 amide bonds. The summed E-state index contributed by atoms with van der Waals surface area (Å²) in [6.45, 7) is 1.59. The van der Waals surface area contributed by atoms with Crippen LogP contribution in [0.15, 0.2) is 24.3 Å². The number of hydrogen-bond donors (Lipinski definition) is 3. The maximum Gasteiger partial charge on any atom is 0.322 e. The van der Waals surface area contributed by atoms with E-state index < -0.39 is 18.0 Å². The van der Waals surface area contributed by atoms with Crippen LogP contribution >= 0.6 is 0 Å². The summed E-state index contributed by atoms with van der Waals surface area (Å²) >= 11 is 0. The zero-order valence-electron chi connectivity index (χ0n) is 14.3. The van der Waals surface area contributed by atoms with E-state index in [1.165, 1.54) is 12.1 Å². The highest BCUT2D eigenvalue weighted by Crippen LogP contribution is 2.34. The van der Waals surface area contributed by atoms with Crippen LogP contribution in [0, 0.1) is 5.82 Å². The van der Waals surface area contributed by atoms with Crippen LogP contribution < -0.4 is 16.0 Å². The molecule has 3 N–H and O–H groups in total. The molecule has 0 aromatic heterocycles. The van der Waals surface area contributed by atoms with Crippen molar-refractivity contribution in [1.82, 2.24) is 16.0 Å². The fourth-order valence-corrected chi connectivity index (χ4v) is 3.43. The van der Waals surface area contributed by atoms with Gasteiger partial charge in [-0.05, 0) is 37.0 Å². The van der Waals surface area contributed by atoms with Gasteiger partial charge in [-0.25, -0.2) is 9.18 Å². The molecule has 0 radical (unpaired) electrons. The number of benzene rings is 1. The molecule has 1 aromatic carbocycles. The lowest BCUT2D eigenvalue weighted by molar-refractivity contribution is -0.122.